The molecule has 140 valence electrons. The number of fused-ring (bicyclic) bond motifs is 1. The van der Waals surface area contributed by atoms with Gasteiger partial charge in [-0.25, -0.2) is 9.97 Å². The second kappa shape index (κ2) is 6.49. The van der Waals surface area contributed by atoms with Crippen molar-refractivity contribution >= 4 is 29.0 Å². The van der Waals surface area contributed by atoms with Crippen LogP contribution in [0.5, 0.6) is 0 Å². The molecule has 1 aromatic carbocycles. The van der Waals surface area contributed by atoms with Crippen LogP contribution in [0.15, 0.2) is 48.8 Å². The highest BCUT2D eigenvalue weighted by Gasteiger charge is 2.25. The Bertz CT molecular complexity index is 1150. The molecule has 0 bridgehead atoms. The van der Waals surface area contributed by atoms with E-state index in [0.29, 0.717) is 11.9 Å². The molecule has 4 aromatic rings. The molecule has 0 radical (unpaired) electrons. The Morgan fingerprint density at radius 1 is 1.21 bits per heavy atom. The van der Waals surface area contributed by atoms with Crippen LogP contribution in [-0.2, 0) is 4.79 Å². The van der Waals surface area contributed by atoms with Crippen molar-refractivity contribution in [1.29, 1.82) is 0 Å². The highest BCUT2D eigenvalue weighted by atomic mass is 16.1. The smallest absolute Gasteiger partial charge is 0.221 e. The monoisotopic (exact) mass is 373 g/mol. The highest BCUT2D eigenvalue weighted by Crippen LogP contribution is 2.39. The lowest BCUT2D eigenvalue weighted by Gasteiger charge is -2.09. The van der Waals surface area contributed by atoms with E-state index in [0.717, 1.165) is 34.1 Å². The maximum absolute atomic E-state index is 11.2. The van der Waals surface area contributed by atoms with E-state index in [1.807, 2.05) is 47.0 Å². The molecule has 0 saturated heterocycles. The van der Waals surface area contributed by atoms with Crippen molar-refractivity contribution in [3.05, 3.63) is 54.5 Å². The van der Waals surface area contributed by atoms with Crippen molar-refractivity contribution in [1.82, 2.24) is 24.6 Å². The lowest BCUT2D eigenvalue weighted by atomic mass is 10.1. The Kier molecular flexibility index (Phi) is 3.82. The number of aromatic amines is 1. The van der Waals surface area contributed by atoms with Gasteiger partial charge in [0, 0.05) is 54.3 Å². The number of nitrogens with zero attached hydrogens (tertiary/aromatic N) is 4. The van der Waals surface area contributed by atoms with Gasteiger partial charge in [-0.15, -0.1) is 0 Å². The van der Waals surface area contributed by atoms with Gasteiger partial charge in [0.1, 0.15) is 5.65 Å². The van der Waals surface area contributed by atoms with E-state index in [1.165, 1.54) is 19.8 Å². The summed E-state index contributed by atoms with van der Waals surface area (Å²) in [6.45, 7) is 1.49. The Morgan fingerprint density at radius 2 is 2.04 bits per heavy atom. The summed E-state index contributed by atoms with van der Waals surface area (Å²) in [4.78, 5) is 20.4. The van der Waals surface area contributed by atoms with Crippen LogP contribution in [-0.4, -0.2) is 30.5 Å². The molecule has 8 heteroatoms. The van der Waals surface area contributed by atoms with Gasteiger partial charge in [-0.2, -0.15) is 5.10 Å². The molecule has 0 atom stereocenters. The van der Waals surface area contributed by atoms with E-state index < -0.39 is 0 Å². The average molecular weight is 373 g/mol. The first-order chi connectivity index (χ1) is 13.7. The quantitative estimate of drug-likeness (QED) is 0.495. The van der Waals surface area contributed by atoms with Gasteiger partial charge in [0.25, 0.3) is 0 Å². The molecule has 3 N–H and O–H groups in total. The van der Waals surface area contributed by atoms with Crippen LogP contribution < -0.4 is 10.6 Å². The van der Waals surface area contributed by atoms with Gasteiger partial charge in [-0.05, 0) is 25.0 Å². The summed E-state index contributed by atoms with van der Waals surface area (Å²) in [5.74, 6) is 1.89. The van der Waals surface area contributed by atoms with E-state index in [-0.39, 0.29) is 5.91 Å². The number of anilines is 3. The Labute approximate surface area is 161 Å². The van der Waals surface area contributed by atoms with E-state index >= 15 is 0 Å². The first-order valence-electron chi connectivity index (χ1n) is 9.20. The van der Waals surface area contributed by atoms with Gasteiger partial charge >= 0.3 is 0 Å². The fourth-order valence-electron chi connectivity index (χ4n) is 3.21. The van der Waals surface area contributed by atoms with Gasteiger partial charge in [0.05, 0.1) is 5.69 Å². The van der Waals surface area contributed by atoms with Crippen LogP contribution in [0.3, 0.4) is 0 Å². The van der Waals surface area contributed by atoms with E-state index in [9.17, 15) is 4.79 Å². The number of nitrogens with one attached hydrogen (secondary N) is 3. The normalized spacial score (nSPS) is 13.6. The van der Waals surface area contributed by atoms with Crippen molar-refractivity contribution in [2.75, 3.05) is 10.6 Å². The minimum Gasteiger partial charge on any atom is -0.326 e. The number of benzene rings is 1. The number of amides is 1. The standard InChI is InChI=1S/C20H19N7O/c1-12(28)22-15-6-4-13(5-7-15)16-11-19-21-8-9-27(19)20(23-16)24-18-10-17(25-26-18)14-2-3-14/h4-11,14H,2-3H2,1H3,(H,22,28)(H2,23,24,25,26). The molecule has 1 aliphatic carbocycles. The number of H-pyrrole nitrogens is 1. The zero-order valence-electron chi connectivity index (χ0n) is 15.3. The van der Waals surface area contributed by atoms with Crippen molar-refractivity contribution in [3.8, 4) is 11.3 Å². The predicted octanol–water partition coefficient (Wildman–Crippen LogP) is 3.70. The van der Waals surface area contributed by atoms with Crippen LogP contribution in [0.2, 0.25) is 0 Å². The Hall–Kier alpha value is -3.68. The summed E-state index contributed by atoms with van der Waals surface area (Å²) < 4.78 is 1.89. The van der Waals surface area contributed by atoms with Crippen molar-refractivity contribution < 1.29 is 4.79 Å². The van der Waals surface area contributed by atoms with Crippen LogP contribution in [0.25, 0.3) is 16.9 Å². The third-order valence-corrected chi connectivity index (χ3v) is 4.75. The maximum Gasteiger partial charge on any atom is 0.221 e. The lowest BCUT2D eigenvalue weighted by Crippen LogP contribution is -2.05. The summed E-state index contributed by atoms with van der Waals surface area (Å²) in [5.41, 5.74) is 4.42. The summed E-state index contributed by atoms with van der Waals surface area (Å²) >= 11 is 0. The Balaban J connectivity index is 1.48. The van der Waals surface area contributed by atoms with Crippen LogP contribution in [0, 0.1) is 0 Å². The molecule has 8 nitrogen and oxygen atoms in total. The number of carbonyl (C=O) groups excluding carboxylic acids is 1. The fraction of sp³-hybridized carbons (Fsp3) is 0.200. The molecule has 0 unspecified atom stereocenters. The second-order valence-electron chi connectivity index (χ2n) is 6.99. The largest absolute Gasteiger partial charge is 0.326 e. The van der Waals surface area contributed by atoms with Gasteiger partial charge in [-0.1, -0.05) is 12.1 Å². The van der Waals surface area contributed by atoms with E-state index in [2.05, 4.69) is 25.8 Å². The molecule has 28 heavy (non-hydrogen) atoms. The van der Waals surface area contributed by atoms with Gasteiger partial charge < -0.3 is 10.6 Å². The summed E-state index contributed by atoms with van der Waals surface area (Å²) in [6, 6.07) is 11.5. The minimum absolute atomic E-state index is 0.0965. The van der Waals surface area contributed by atoms with Gasteiger partial charge in [0.2, 0.25) is 11.9 Å². The molecule has 0 spiro atoms. The number of hydrogen-bond acceptors (Lipinski definition) is 5. The molecule has 3 aromatic heterocycles. The second-order valence-corrected chi connectivity index (χ2v) is 6.99. The van der Waals surface area contributed by atoms with Gasteiger partial charge in [-0.3, -0.25) is 14.3 Å². The topological polar surface area (TPSA) is 100 Å². The minimum atomic E-state index is -0.0965. The van der Waals surface area contributed by atoms with Crippen LogP contribution in [0.1, 0.15) is 31.4 Å². The third kappa shape index (κ3) is 3.20. The molecular weight excluding hydrogens is 354 g/mol. The molecule has 0 aliphatic heterocycles. The highest BCUT2D eigenvalue weighted by molar-refractivity contribution is 5.89. The molecule has 1 fully saturated rings. The van der Waals surface area contributed by atoms with E-state index in [4.69, 9.17) is 4.98 Å². The SMILES string of the molecule is CC(=O)Nc1ccc(-c2cc3nccn3c(Nc3cc(C4CC4)[nH]n3)n2)cc1. The molecule has 1 amide bonds. The number of hydrogen-bond donors (Lipinski definition) is 3. The predicted molar refractivity (Wildman–Crippen MR) is 107 cm³/mol. The first-order valence-corrected chi connectivity index (χ1v) is 9.20. The number of rotatable bonds is 5. The van der Waals surface area contributed by atoms with Gasteiger partial charge in [0.15, 0.2) is 5.82 Å². The third-order valence-electron chi connectivity index (χ3n) is 4.75. The maximum atomic E-state index is 11.2. The molecule has 1 aliphatic rings. The summed E-state index contributed by atoms with van der Waals surface area (Å²) in [6.07, 6.45) is 6.04. The van der Waals surface area contributed by atoms with Crippen LogP contribution >= 0.6 is 0 Å². The van der Waals surface area contributed by atoms with Crippen molar-refractivity contribution in [2.24, 2.45) is 0 Å². The number of imidazole rings is 1. The average Bonchev–Trinajstić information content (AvgIpc) is 3.23. The van der Waals surface area contributed by atoms with E-state index in [1.54, 1.807) is 6.20 Å². The molecule has 1 saturated carbocycles. The lowest BCUT2D eigenvalue weighted by molar-refractivity contribution is -0.114. The van der Waals surface area contributed by atoms with Crippen LogP contribution in [0.4, 0.5) is 17.5 Å². The zero-order valence-corrected chi connectivity index (χ0v) is 15.3. The van der Waals surface area contributed by atoms with Crippen molar-refractivity contribution in [3.63, 3.8) is 0 Å². The number of carbonyl (C=O) groups is 1. The zero-order chi connectivity index (χ0) is 19.1. The molecule has 5 rings (SSSR count). The number of aromatic nitrogens is 5. The summed E-state index contributed by atoms with van der Waals surface area (Å²) in [7, 11) is 0. The summed E-state index contributed by atoms with van der Waals surface area (Å²) in [5, 5.41) is 13.5. The van der Waals surface area contributed by atoms with Crippen molar-refractivity contribution in [2.45, 2.75) is 25.7 Å². The molecule has 3 heterocycles. The first kappa shape index (κ1) is 16.5. The Morgan fingerprint density at radius 3 is 2.79 bits per heavy atom. The fourth-order valence-corrected chi connectivity index (χ4v) is 3.21. The molecular formula is C20H19N7O.